The monoisotopic (exact) mass is 273 g/mol. The fourth-order valence-corrected chi connectivity index (χ4v) is 4.24. The predicted octanol–water partition coefficient (Wildman–Crippen LogP) is 3.43. The third-order valence-corrected chi connectivity index (χ3v) is 5.36. The molecule has 1 N–H and O–H groups in total. The molecule has 1 aliphatic carbocycles. The average Bonchev–Trinajstić information content (AvgIpc) is 2.44. The Hall–Kier alpha value is -0.860. The van der Waals surface area contributed by atoms with Crippen LogP contribution in [-0.2, 0) is 10.2 Å². The van der Waals surface area contributed by atoms with Gasteiger partial charge >= 0.3 is 0 Å². The number of rotatable bonds is 4. The molecular weight excluding hydrogens is 246 g/mol. The van der Waals surface area contributed by atoms with Crippen molar-refractivity contribution in [1.82, 2.24) is 5.32 Å². The van der Waals surface area contributed by atoms with Crippen molar-refractivity contribution in [2.75, 3.05) is 26.3 Å². The van der Waals surface area contributed by atoms with E-state index in [1.807, 2.05) is 0 Å². The van der Waals surface area contributed by atoms with Crippen molar-refractivity contribution in [1.29, 1.82) is 0 Å². The van der Waals surface area contributed by atoms with E-state index in [0.29, 0.717) is 10.8 Å². The molecule has 1 aromatic carbocycles. The van der Waals surface area contributed by atoms with E-state index >= 15 is 0 Å². The second-order valence-corrected chi connectivity index (χ2v) is 6.89. The zero-order valence-electron chi connectivity index (χ0n) is 12.9. The molecule has 2 heteroatoms. The summed E-state index contributed by atoms with van der Waals surface area (Å²) in [5, 5.41) is 3.59. The maximum absolute atomic E-state index is 5.56. The first-order valence-corrected chi connectivity index (χ1v) is 8.04. The third kappa shape index (κ3) is 2.51. The summed E-state index contributed by atoms with van der Waals surface area (Å²) < 4.78 is 5.56. The van der Waals surface area contributed by atoms with Gasteiger partial charge in [0.15, 0.2) is 0 Å². The molecule has 0 atom stereocenters. The lowest BCUT2D eigenvalue weighted by molar-refractivity contribution is -0.0735. The van der Waals surface area contributed by atoms with Gasteiger partial charge in [0, 0.05) is 25.2 Å². The van der Waals surface area contributed by atoms with Gasteiger partial charge in [-0.2, -0.15) is 0 Å². The standard InChI is InChI=1S/C18H27NO/c1-3-19-14-18(16-6-4-15(2)5-7-16)12-17(13-18)8-10-20-11-9-17/h4-7,19H,3,8-14H2,1-2H3. The molecule has 0 aromatic heterocycles. The van der Waals surface area contributed by atoms with Gasteiger partial charge in [-0.25, -0.2) is 0 Å². The van der Waals surface area contributed by atoms with E-state index in [1.54, 1.807) is 0 Å². The van der Waals surface area contributed by atoms with E-state index < -0.39 is 0 Å². The van der Waals surface area contributed by atoms with Crippen molar-refractivity contribution in [2.24, 2.45) is 5.41 Å². The third-order valence-electron chi connectivity index (χ3n) is 5.36. The Morgan fingerprint density at radius 1 is 1.10 bits per heavy atom. The minimum atomic E-state index is 0.362. The van der Waals surface area contributed by atoms with Crippen LogP contribution in [0.15, 0.2) is 24.3 Å². The molecule has 0 amide bonds. The largest absolute Gasteiger partial charge is 0.381 e. The van der Waals surface area contributed by atoms with E-state index in [9.17, 15) is 0 Å². The van der Waals surface area contributed by atoms with Crippen molar-refractivity contribution in [3.05, 3.63) is 35.4 Å². The molecule has 2 aliphatic rings. The van der Waals surface area contributed by atoms with Crippen LogP contribution in [0.3, 0.4) is 0 Å². The highest BCUT2D eigenvalue weighted by Gasteiger charge is 2.54. The normalized spacial score (nSPS) is 23.5. The van der Waals surface area contributed by atoms with Crippen LogP contribution in [0.25, 0.3) is 0 Å². The molecule has 20 heavy (non-hydrogen) atoms. The first-order chi connectivity index (χ1) is 9.68. The van der Waals surface area contributed by atoms with Gasteiger partial charge in [-0.15, -0.1) is 0 Å². The number of likely N-dealkylation sites (N-methyl/N-ethyl adjacent to an activating group) is 1. The first kappa shape index (κ1) is 14.1. The number of hydrogen-bond acceptors (Lipinski definition) is 2. The van der Waals surface area contributed by atoms with Crippen molar-refractivity contribution in [2.45, 2.75) is 44.9 Å². The highest BCUT2D eigenvalue weighted by Crippen LogP contribution is 2.60. The van der Waals surface area contributed by atoms with Gasteiger partial charge < -0.3 is 10.1 Å². The summed E-state index contributed by atoms with van der Waals surface area (Å²) >= 11 is 0. The summed E-state index contributed by atoms with van der Waals surface area (Å²) in [5.41, 5.74) is 3.81. The van der Waals surface area contributed by atoms with E-state index in [4.69, 9.17) is 4.74 Å². The topological polar surface area (TPSA) is 21.3 Å². The highest BCUT2D eigenvalue weighted by molar-refractivity contribution is 5.33. The van der Waals surface area contributed by atoms with Gasteiger partial charge in [0.05, 0.1) is 0 Å². The molecule has 3 rings (SSSR count). The smallest absolute Gasteiger partial charge is 0.0471 e. The van der Waals surface area contributed by atoms with Crippen molar-refractivity contribution < 1.29 is 4.74 Å². The number of aryl methyl sites for hydroxylation is 1. The van der Waals surface area contributed by atoms with Crippen LogP contribution in [0, 0.1) is 12.3 Å². The van der Waals surface area contributed by atoms with Crippen LogP contribution in [0.4, 0.5) is 0 Å². The van der Waals surface area contributed by atoms with Gasteiger partial charge in [0.2, 0.25) is 0 Å². The second kappa shape index (κ2) is 5.50. The molecule has 1 spiro atoms. The minimum Gasteiger partial charge on any atom is -0.381 e. The zero-order chi connectivity index (χ0) is 14.1. The Kier molecular flexibility index (Phi) is 3.87. The fraction of sp³-hybridized carbons (Fsp3) is 0.667. The highest BCUT2D eigenvalue weighted by atomic mass is 16.5. The molecule has 0 bridgehead atoms. The Morgan fingerprint density at radius 3 is 2.35 bits per heavy atom. The maximum atomic E-state index is 5.56. The van der Waals surface area contributed by atoms with Crippen LogP contribution in [0.1, 0.15) is 43.7 Å². The number of hydrogen-bond donors (Lipinski definition) is 1. The Balaban J connectivity index is 1.78. The molecule has 2 nitrogen and oxygen atoms in total. The van der Waals surface area contributed by atoms with Crippen molar-refractivity contribution in [3.8, 4) is 0 Å². The summed E-state index contributed by atoms with van der Waals surface area (Å²) in [4.78, 5) is 0. The van der Waals surface area contributed by atoms with Gasteiger partial charge in [0.25, 0.3) is 0 Å². The summed E-state index contributed by atoms with van der Waals surface area (Å²) in [6, 6.07) is 9.22. The number of nitrogens with one attached hydrogen (secondary N) is 1. The molecule has 0 unspecified atom stereocenters. The molecule has 1 aliphatic heterocycles. The van der Waals surface area contributed by atoms with Crippen LogP contribution < -0.4 is 5.32 Å². The predicted molar refractivity (Wildman–Crippen MR) is 83.1 cm³/mol. The maximum Gasteiger partial charge on any atom is 0.0471 e. The van der Waals surface area contributed by atoms with Gasteiger partial charge in [-0.05, 0) is 50.1 Å². The fourth-order valence-electron chi connectivity index (χ4n) is 4.24. The Bertz CT molecular complexity index is 437. The van der Waals surface area contributed by atoms with Crippen LogP contribution in [0.2, 0.25) is 0 Å². The van der Waals surface area contributed by atoms with E-state index in [-0.39, 0.29) is 0 Å². The summed E-state index contributed by atoms with van der Waals surface area (Å²) in [7, 11) is 0. The SMILES string of the molecule is CCNCC1(c2ccc(C)cc2)CC2(CCOCC2)C1. The quantitative estimate of drug-likeness (QED) is 0.907. The summed E-state index contributed by atoms with van der Waals surface area (Å²) in [5.74, 6) is 0. The molecule has 2 fully saturated rings. The lowest BCUT2D eigenvalue weighted by Gasteiger charge is -2.58. The van der Waals surface area contributed by atoms with E-state index in [0.717, 1.165) is 26.3 Å². The Labute approximate surface area is 122 Å². The van der Waals surface area contributed by atoms with E-state index in [1.165, 1.54) is 36.8 Å². The number of ether oxygens (including phenoxy) is 1. The zero-order valence-corrected chi connectivity index (χ0v) is 12.9. The molecule has 1 saturated heterocycles. The molecule has 1 saturated carbocycles. The van der Waals surface area contributed by atoms with Gasteiger partial charge in [-0.3, -0.25) is 0 Å². The van der Waals surface area contributed by atoms with Crippen LogP contribution in [-0.4, -0.2) is 26.3 Å². The van der Waals surface area contributed by atoms with Crippen LogP contribution >= 0.6 is 0 Å². The van der Waals surface area contributed by atoms with Crippen molar-refractivity contribution >= 4 is 0 Å². The van der Waals surface area contributed by atoms with Gasteiger partial charge in [-0.1, -0.05) is 36.8 Å². The summed E-state index contributed by atoms with van der Waals surface area (Å²) in [6.45, 7) is 8.47. The summed E-state index contributed by atoms with van der Waals surface area (Å²) in [6.07, 6.45) is 5.18. The van der Waals surface area contributed by atoms with Gasteiger partial charge in [0.1, 0.15) is 0 Å². The minimum absolute atomic E-state index is 0.362. The molecule has 110 valence electrons. The lowest BCUT2D eigenvalue weighted by atomic mass is 9.48. The first-order valence-electron chi connectivity index (χ1n) is 8.04. The molecule has 1 heterocycles. The second-order valence-electron chi connectivity index (χ2n) is 6.89. The lowest BCUT2D eigenvalue weighted by Crippen LogP contribution is -2.56. The molecule has 1 aromatic rings. The van der Waals surface area contributed by atoms with Crippen LogP contribution in [0.5, 0.6) is 0 Å². The molecule has 0 radical (unpaired) electrons. The number of benzene rings is 1. The molecular formula is C18H27NO. The average molecular weight is 273 g/mol. The van der Waals surface area contributed by atoms with E-state index in [2.05, 4.69) is 43.4 Å². The Morgan fingerprint density at radius 2 is 1.75 bits per heavy atom. The van der Waals surface area contributed by atoms with Crippen molar-refractivity contribution in [3.63, 3.8) is 0 Å².